The van der Waals surface area contributed by atoms with E-state index in [1.54, 1.807) is 30.2 Å². The van der Waals surface area contributed by atoms with Crippen LogP contribution in [0.1, 0.15) is 36.0 Å². The average molecular weight is 289 g/mol. The van der Waals surface area contributed by atoms with Crippen LogP contribution in [0.2, 0.25) is 0 Å². The van der Waals surface area contributed by atoms with E-state index in [9.17, 15) is 9.59 Å². The number of fused-ring (bicyclic) bond motifs is 1. The molecule has 1 aromatic carbocycles. The lowest BCUT2D eigenvalue weighted by Crippen LogP contribution is -2.31. The highest BCUT2D eigenvalue weighted by Gasteiger charge is 2.35. The Balaban J connectivity index is 1.68. The Morgan fingerprint density at radius 3 is 2.95 bits per heavy atom. The zero-order chi connectivity index (χ0) is 14.8. The summed E-state index contributed by atoms with van der Waals surface area (Å²) >= 11 is 0. The summed E-state index contributed by atoms with van der Waals surface area (Å²) in [5.74, 6) is -0.289. The number of benzene rings is 1. The number of anilines is 1. The van der Waals surface area contributed by atoms with Crippen LogP contribution >= 0.6 is 0 Å². The second-order valence-electron chi connectivity index (χ2n) is 5.45. The molecule has 0 saturated carbocycles. The number of carbonyl (C=O) groups excluding carboxylic acids is 2. The summed E-state index contributed by atoms with van der Waals surface area (Å²) in [5, 5.41) is 0. The van der Waals surface area contributed by atoms with Crippen LogP contribution < -0.4 is 9.64 Å². The first kappa shape index (κ1) is 14.1. The van der Waals surface area contributed by atoms with Crippen molar-refractivity contribution in [1.29, 1.82) is 0 Å². The summed E-state index contributed by atoms with van der Waals surface area (Å²) in [5.41, 5.74) is 1.13. The largest absolute Gasteiger partial charge is 0.497 e. The Bertz CT molecular complexity index is 563. The molecule has 5 heteroatoms. The van der Waals surface area contributed by atoms with Crippen LogP contribution in [-0.2, 0) is 9.53 Å². The number of methoxy groups -OCH3 is 1. The molecule has 2 heterocycles. The lowest BCUT2D eigenvalue weighted by atomic mass is 10.1. The monoisotopic (exact) mass is 289 g/mol. The average Bonchev–Trinajstić information content (AvgIpc) is 3.10. The molecule has 2 aliphatic rings. The molecule has 3 rings (SSSR count). The number of Topliss-reactive ketones (excluding diaryl/α,β-unsaturated/α-hetero) is 1. The molecular weight excluding hydrogens is 270 g/mol. The molecule has 1 fully saturated rings. The zero-order valence-electron chi connectivity index (χ0n) is 12.1. The van der Waals surface area contributed by atoms with Gasteiger partial charge in [0.05, 0.1) is 24.5 Å². The van der Waals surface area contributed by atoms with E-state index in [4.69, 9.17) is 9.47 Å². The number of ether oxygens (including phenoxy) is 2. The molecule has 1 saturated heterocycles. The highest BCUT2D eigenvalue weighted by molar-refractivity contribution is 6.52. The minimum atomic E-state index is -0.444. The molecule has 21 heavy (non-hydrogen) atoms. The van der Waals surface area contributed by atoms with Crippen LogP contribution in [0.25, 0.3) is 0 Å². The fraction of sp³-hybridized carbons (Fsp3) is 0.500. The molecule has 0 aliphatic carbocycles. The van der Waals surface area contributed by atoms with E-state index in [1.807, 2.05) is 0 Å². The number of rotatable bonds is 5. The highest BCUT2D eigenvalue weighted by atomic mass is 16.5. The molecule has 0 bridgehead atoms. The topological polar surface area (TPSA) is 55.8 Å². The van der Waals surface area contributed by atoms with E-state index in [0.717, 1.165) is 32.3 Å². The van der Waals surface area contributed by atoms with Gasteiger partial charge in [0.2, 0.25) is 0 Å². The van der Waals surface area contributed by atoms with Gasteiger partial charge in [0.25, 0.3) is 11.7 Å². The first-order valence-corrected chi connectivity index (χ1v) is 7.36. The zero-order valence-corrected chi connectivity index (χ0v) is 12.1. The summed E-state index contributed by atoms with van der Waals surface area (Å²) in [7, 11) is 1.54. The van der Waals surface area contributed by atoms with Gasteiger partial charge in [0.15, 0.2) is 0 Å². The van der Waals surface area contributed by atoms with E-state index in [1.165, 1.54) is 0 Å². The van der Waals surface area contributed by atoms with Gasteiger partial charge in [-0.05, 0) is 43.9 Å². The quantitative estimate of drug-likeness (QED) is 0.780. The number of hydrogen-bond donors (Lipinski definition) is 0. The standard InChI is InChI=1S/C16H19NO4/c1-20-12-6-7-14-13(10-12)15(18)16(19)17(14)8-2-4-11-5-3-9-21-11/h6-7,10-11H,2-5,8-9H2,1H3. The predicted octanol–water partition coefficient (Wildman–Crippen LogP) is 2.18. The Hall–Kier alpha value is -1.88. The molecule has 0 spiro atoms. The Morgan fingerprint density at radius 1 is 1.38 bits per heavy atom. The summed E-state index contributed by atoms with van der Waals surface area (Å²) in [6.45, 7) is 1.40. The third-order valence-electron chi connectivity index (χ3n) is 4.11. The van der Waals surface area contributed by atoms with Crippen molar-refractivity contribution >= 4 is 17.4 Å². The molecule has 0 N–H and O–H groups in total. The maximum Gasteiger partial charge on any atom is 0.299 e. The summed E-state index contributed by atoms with van der Waals surface area (Å²) < 4.78 is 10.7. The van der Waals surface area contributed by atoms with Crippen molar-refractivity contribution in [2.75, 3.05) is 25.2 Å². The minimum Gasteiger partial charge on any atom is -0.497 e. The number of hydrogen-bond acceptors (Lipinski definition) is 4. The molecular formula is C16H19NO4. The van der Waals surface area contributed by atoms with Crippen molar-refractivity contribution in [2.45, 2.75) is 31.8 Å². The number of nitrogens with zero attached hydrogens (tertiary/aromatic N) is 1. The molecule has 2 aliphatic heterocycles. The van der Waals surface area contributed by atoms with Gasteiger partial charge in [0.1, 0.15) is 5.75 Å². The molecule has 5 nitrogen and oxygen atoms in total. The number of carbonyl (C=O) groups is 2. The normalized spacial score (nSPS) is 21.0. The van der Waals surface area contributed by atoms with Crippen LogP contribution in [0.4, 0.5) is 5.69 Å². The van der Waals surface area contributed by atoms with Gasteiger partial charge in [-0.1, -0.05) is 0 Å². The van der Waals surface area contributed by atoms with E-state index in [0.29, 0.717) is 29.6 Å². The second kappa shape index (κ2) is 5.85. The van der Waals surface area contributed by atoms with Crippen LogP contribution in [0.15, 0.2) is 18.2 Å². The van der Waals surface area contributed by atoms with Crippen LogP contribution in [0, 0.1) is 0 Å². The summed E-state index contributed by atoms with van der Waals surface area (Å²) in [6, 6.07) is 5.19. The van der Waals surface area contributed by atoms with Crippen molar-refractivity contribution < 1.29 is 19.1 Å². The lowest BCUT2D eigenvalue weighted by Gasteiger charge is -2.17. The van der Waals surface area contributed by atoms with Gasteiger partial charge in [-0.15, -0.1) is 0 Å². The second-order valence-corrected chi connectivity index (χ2v) is 5.45. The van der Waals surface area contributed by atoms with Gasteiger partial charge in [-0.25, -0.2) is 0 Å². The van der Waals surface area contributed by atoms with E-state index < -0.39 is 11.7 Å². The first-order chi connectivity index (χ1) is 10.2. The summed E-state index contributed by atoms with van der Waals surface area (Å²) in [4.78, 5) is 25.7. The maximum absolute atomic E-state index is 12.1. The van der Waals surface area contributed by atoms with Gasteiger partial charge >= 0.3 is 0 Å². The smallest absolute Gasteiger partial charge is 0.299 e. The van der Waals surface area contributed by atoms with Gasteiger partial charge in [-0.3, -0.25) is 9.59 Å². The Morgan fingerprint density at radius 2 is 2.24 bits per heavy atom. The third-order valence-corrected chi connectivity index (χ3v) is 4.11. The SMILES string of the molecule is COc1ccc2c(c1)C(=O)C(=O)N2CCCC1CCCO1. The van der Waals surface area contributed by atoms with Gasteiger partial charge in [-0.2, -0.15) is 0 Å². The van der Waals surface area contributed by atoms with Crippen molar-refractivity contribution in [3.05, 3.63) is 23.8 Å². The van der Waals surface area contributed by atoms with Crippen molar-refractivity contribution in [2.24, 2.45) is 0 Å². The molecule has 1 atom stereocenters. The van der Waals surface area contributed by atoms with E-state index >= 15 is 0 Å². The van der Waals surface area contributed by atoms with Crippen LogP contribution in [0.5, 0.6) is 5.75 Å². The van der Waals surface area contributed by atoms with E-state index in [-0.39, 0.29) is 0 Å². The lowest BCUT2D eigenvalue weighted by molar-refractivity contribution is -0.114. The van der Waals surface area contributed by atoms with Gasteiger partial charge in [0, 0.05) is 13.2 Å². The summed E-state index contributed by atoms with van der Waals surface area (Å²) in [6.07, 6.45) is 4.31. The fourth-order valence-corrected chi connectivity index (χ4v) is 2.98. The first-order valence-electron chi connectivity index (χ1n) is 7.36. The van der Waals surface area contributed by atoms with Crippen molar-refractivity contribution in [3.63, 3.8) is 0 Å². The minimum absolute atomic E-state index is 0.314. The molecule has 112 valence electrons. The van der Waals surface area contributed by atoms with Crippen LogP contribution in [-0.4, -0.2) is 38.1 Å². The van der Waals surface area contributed by atoms with Crippen LogP contribution in [0.3, 0.4) is 0 Å². The third kappa shape index (κ3) is 2.65. The predicted molar refractivity (Wildman–Crippen MR) is 77.9 cm³/mol. The Labute approximate surface area is 123 Å². The fourth-order valence-electron chi connectivity index (χ4n) is 2.98. The van der Waals surface area contributed by atoms with Gasteiger partial charge < -0.3 is 14.4 Å². The number of ketones is 1. The van der Waals surface area contributed by atoms with E-state index in [2.05, 4.69) is 0 Å². The Kier molecular flexibility index (Phi) is 3.92. The molecule has 1 aromatic rings. The molecule has 0 radical (unpaired) electrons. The maximum atomic E-state index is 12.1. The van der Waals surface area contributed by atoms with Crippen molar-refractivity contribution in [3.8, 4) is 5.75 Å². The highest BCUT2D eigenvalue weighted by Crippen LogP contribution is 2.32. The molecule has 1 unspecified atom stereocenters. The molecule has 1 amide bonds. The number of amides is 1. The molecule has 0 aromatic heterocycles. The van der Waals surface area contributed by atoms with Crippen molar-refractivity contribution in [1.82, 2.24) is 0 Å².